The normalized spacial score (nSPS) is 19.3. The van der Waals surface area contributed by atoms with Crippen molar-refractivity contribution in [1.82, 2.24) is 15.2 Å². The van der Waals surface area contributed by atoms with Gasteiger partial charge < -0.3 is 15.5 Å². The molecule has 2 heterocycles. The van der Waals surface area contributed by atoms with Crippen molar-refractivity contribution in [3.8, 4) is 0 Å². The van der Waals surface area contributed by atoms with Crippen LogP contribution in [0.2, 0.25) is 0 Å². The molecule has 0 aromatic carbocycles. The summed E-state index contributed by atoms with van der Waals surface area (Å²) in [6.07, 6.45) is 4.03. The largest absolute Gasteiger partial charge is 0.373 e. The van der Waals surface area contributed by atoms with Crippen LogP contribution in [0, 0.1) is 0 Å². The summed E-state index contributed by atoms with van der Waals surface area (Å²) in [5.41, 5.74) is 1.27. The molecule has 1 unspecified atom stereocenters. The van der Waals surface area contributed by atoms with E-state index in [0.29, 0.717) is 12.5 Å². The highest BCUT2D eigenvalue weighted by molar-refractivity contribution is 5.78. The van der Waals surface area contributed by atoms with Gasteiger partial charge in [-0.1, -0.05) is 0 Å². The number of nitrogens with zero attached hydrogens (tertiary/aromatic N) is 2. The molecule has 1 atom stereocenters. The number of aromatic nitrogens is 1. The third-order valence-corrected chi connectivity index (χ3v) is 3.61. The van der Waals surface area contributed by atoms with E-state index in [0.717, 1.165) is 31.7 Å². The molecule has 2 rings (SSSR count). The van der Waals surface area contributed by atoms with Crippen LogP contribution in [-0.2, 0) is 4.79 Å². The predicted octanol–water partition coefficient (Wildman–Crippen LogP) is 1.05. The van der Waals surface area contributed by atoms with Crippen LogP contribution in [0.1, 0.15) is 24.3 Å². The number of nitrogens with one attached hydrogen (secondary N) is 2. The van der Waals surface area contributed by atoms with E-state index < -0.39 is 0 Å². The number of carbonyl (C=O) groups is 1. The highest BCUT2D eigenvalue weighted by Crippen LogP contribution is 2.27. The van der Waals surface area contributed by atoms with Gasteiger partial charge in [-0.05, 0) is 37.6 Å². The number of rotatable bonds is 4. The first-order valence-corrected chi connectivity index (χ1v) is 6.80. The molecule has 0 radical (unpaired) electrons. The molecule has 1 saturated heterocycles. The van der Waals surface area contributed by atoms with Crippen molar-refractivity contribution < 1.29 is 4.79 Å². The topological polar surface area (TPSA) is 57.3 Å². The van der Waals surface area contributed by atoms with E-state index in [1.165, 1.54) is 5.56 Å². The minimum absolute atomic E-state index is 0.190. The second kappa shape index (κ2) is 6.52. The van der Waals surface area contributed by atoms with Crippen LogP contribution in [0.15, 0.2) is 18.3 Å². The van der Waals surface area contributed by atoms with Crippen molar-refractivity contribution in [3.63, 3.8) is 0 Å². The van der Waals surface area contributed by atoms with E-state index in [4.69, 9.17) is 0 Å². The fourth-order valence-electron chi connectivity index (χ4n) is 2.58. The lowest BCUT2D eigenvalue weighted by Crippen LogP contribution is -2.42. The number of hydrogen-bond acceptors (Lipinski definition) is 4. The van der Waals surface area contributed by atoms with Gasteiger partial charge in [0, 0.05) is 32.3 Å². The Balaban J connectivity index is 2.05. The van der Waals surface area contributed by atoms with E-state index in [1.54, 1.807) is 7.05 Å². The number of likely N-dealkylation sites (N-methyl/N-ethyl adjacent to an activating group) is 1. The van der Waals surface area contributed by atoms with E-state index >= 15 is 0 Å². The Morgan fingerprint density at radius 1 is 1.53 bits per heavy atom. The molecule has 1 aliphatic rings. The number of pyridine rings is 1. The van der Waals surface area contributed by atoms with Crippen LogP contribution in [0.4, 0.5) is 5.82 Å². The monoisotopic (exact) mass is 262 g/mol. The molecule has 0 bridgehead atoms. The maximum absolute atomic E-state index is 11.9. The van der Waals surface area contributed by atoms with Crippen LogP contribution in [0.3, 0.4) is 0 Å². The molecule has 19 heavy (non-hydrogen) atoms. The SMILES string of the molecule is CNCC(=O)N1CCCC(c2ccnc(NC)c2)C1. The Morgan fingerprint density at radius 2 is 2.37 bits per heavy atom. The highest BCUT2D eigenvalue weighted by atomic mass is 16.2. The number of hydrogen-bond donors (Lipinski definition) is 2. The van der Waals surface area contributed by atoms with Crippen LogP contribution >= 0.6 is 0 Å². The van der Waals surface area contributed by atoms with E-state index in [9.17, 15) is 4.79 Å². The maximum Gasteiger partial charge on any atom is 0.236 e. The van der Waals surface area contributed by atoms with Gasteiger partial charge in [-0.2, -0.15) is 0 Å². The molecule has 5 nitrogen and oxygen atoms in total. The zero-order chi connectivity index (χ0) is 13.7. The smallest absolute Gasteiger partial charge is 0.236 e. The lowest BCUT2D eigenvalue weighted by molar-refractivity contribution is -0.131. The summed E-state index contributed by atoms with van der Waals surface area (Å²) in [6.45, 7) is 2.11. The highest BCUT2D eigenvalue weighted by Gasteiger charge is 2.24. The number of piperidine rings is 1. The van der Waals surface area contributed by atoms with E-state index in [2.05, 4.69) is 27.8 Å². The molecular weight excluding hydrogens is 240 g/mol. The van der Waals surface area contributed by atoms with Crippen molar-refractivity contribution in [1.29, 1.82) is 0 Å². The molecule has 1 amide bonds. The Morgan fingerprint density at radius 3 is 3.11 bits per heavy atom. The molecule has 0 spiro atoms. The summed E-state index contributed by atoms with van der Waals surface area (Å²) in [5.74, 6) is 1.50. The summed E-state index contributed by atoms with van der Waals surface area (Å²) in [4.78, 5) is 18.1. The minimum Gasteiger partial charge on any atom is -0.373 e. The fraction of sp³-hybridized carbons (Fsp3) is 0.571. The number of carbonyl (C=O) groups excluding carboxylic acids is 1. The second-order valence-electron chi connectivity index (χ2n) is 4.93. The lowest BCUT2D eigenvalue weighted by Gasteiger charge is -2.33. The molecule has 0 aliphatic carbocycles. The molecule has 1 aromatic rings. The molecule has 1 aliphatic heterocycles. The quantitative estimate of drug-likeness (QED) is 0.851. The van der Waals surface area contributed by atoms with Gasteiger partial charge in [-0.3, -0.25) is 4.79 Å². The van der Waals surface area contributed by atoms with Crippen LogP contribution < -0.4 is 10.6 Å². The number of likely N-dealkylation sites (tertiary alicyclic amines) is 1. The maximum atomic E-state index is 11.9. The zero-order valence-corrected chi connectivity index (χ0v) is 11.6. The summed E-state index contributed by atoms with van der Waals surface area (Å²) in [6, 6.07) is 4.13. The van der Waals surface area contributed by atoms with Crippen molar-refractivity contribution in [3.05, 3.63) is 23.9 Å². The van der Waals surface area contributed by atoms with Gasteiger partial charge >= 0.3 is 0 Å². The van der Waals surface area contributed by atoms with Gasteiger partial charge in [-0.15, -0.1) is 0 Å². The second-order valence-corrected chi connectivity index (χ2v) is 4.93. The average molecular weight is 262 g/mol. The van der Waals surface area contributed by atoms with Gasteiger partial charge in [-0.25, -0.2) is 4.98 Å². The molecule has 1 fully saturated rings. The Labute approximate surface area is 114 Å². The van der Waals surface area contributed by atoms with Crippen molar-refractivity contribution >= 4 is 11.7 Å². The molecular formula is C14H22N4O. The van der Waals surface area contributed by atoms with Crippen molar-refractivity contribution in [2.75, 3.05) is 39.0 Å². The standard InChI is InChI=1S/C14H22N4O/c1-15-9-14(19)18-7-3-4-12(10-18)11-5-6-17-13(8-11)16-2/h5-6,8,12,15H,3-4,7,9-10H2,1-2H3,(H,16,17). The fourth-order valence-corrected chi connectivity index (χ4v) is 2.58. The first kappa shape index (κ1) is 13.8. The van der Waals surface area contributed by atoms with Gasteiger partial charge in [0.1, 0.15) is 5.82 Å². The molecule has 104 valence electrons. The Hall–Kier alpha value is -1.62. The molecule has 5 heteroatoms. The summed E-state index contributed by atoms with van der Waals surface area (Å²) in [5, 5.41) is 5.99. The number of anilines is 1. The summed E-state index contributed by atoms with van der Waals surface area (Å²) < 4.78 is 0. The first-order valence-electron chi connectivity index (χ1n) is 6.80. The van der Waals surface area contributed by atoms with Crippen LogP contribution in [0.5, 0.6) is 0 Å². The van der Waals surface area contributed by atoms with E-state index in [1.807, 2.05) is 18.1 Å². The lowest BCUT2D eigenvalue weighted by atomic mass is 9.91. The van der Waals surface area contributed by atoms with Gasteiger partial charge in [0.05, 0.1) is 6.54 Å². The molecule has 1 aromatic heterocycles. The zero-order valence-electron chi connectivity index (χ0n) is 11.6. The van der Waals surface area contributed by atoms with E-state index in [-0.39, 0.29) is 5.91 Å². The van der Waals surface area contributed by atoms with Crippen molar-refractivity contribution in [2.45, 2.75) is 18.8 Å². The predicted molar refractivity (Wildman–Crippen MR) is 76.3 cm³/mol. The summed E-state index contributed by atoms with van der Waals surface area (Å²) >= 11 is 0. The molecule has 0 saturated carbocycles. The average Bonchev–Trinajstić information content (AvgIpc) is 2.48. The minimum atomic E-state index is 0.190. The van der Waals surface area contributed by atoms with Crippen LogP contribution in [-0.4, -0.2) is 49.5 Å². The third-order valence-electron chi connectivity index (χ3n) is 3.61. The molecule has 2 N–H and O–H groups in total. The van der Waals surface area contributed by atoms with Gasteiger partial charge in [0.25, 0.3) is 0 Å². The van der Waals surface area contributed by atoms with Crippen LogP contribution in [0.25, 0.3) is 0 Å². The summed E-state index contributed by atoms with van der Waals surface area (Å²) in [7, 11) is 3.68. The third kappa shape index (κ3) is 3.44. The Kier molecular flexibility index (Phi) is 4.74. The van der Waals surface area contributed by atoms with Crippen molar-refractivity contribution in [2.24, 2.45) is 0 Å². The van der Waals surface area contributed by atoms with Gasteiger partial charge in [0.15, 0.2) is 0 Å². The Bertz CT molecular complexity index is 435. The van der Waals surface area contributed by atoms with Gasteiger partial charge in [0.2, 0.25) is 5.91 Å². The number of amides is 1. The first-order chi connectivity index (χ1) is 9.24.